The summed E-state index contributed by atoms with van der Waals surface area (Å²) in [4.78, 5) is 7.90. The largest absolute Gasteiger partial charge is 0.397 e. The third-order valence-corrected chi connectivity index (χ3v) is 4.44. The lowest BCUT2D eigenvalue weighted by molar-refractivity contribution is 0.793. The number of nitrogens with zero attached hydrogens (tertiary/aromatic N) is 1. The van der Waals surface area contributed by atoms with Gasteiger partial charge in [-0.25, -0.2) is 4.98 Å². The molecule has 3 rings (SSSR count). The molecule has 5 heteroatoms. The van der Waals surface area contributed by atoms with Gasteiger partial charge in [0.05, 0.1) is 16.5 Å². The smallest absolute Gasteiger partial charge is 0.120 e. The van der Waals surface area contributed by atoms with Crippen LogP contribution in [0.25, 0.3) is 11.0 Å². The van der Waals surface area contributed by atoms with Crippen LogP contribution in [0.15, 0.2) is 12.1 Å². The Hall–Kier alpha value is -0.870. The van der Waals surface area contributed by atoms with Crippen LogP contribution in [0.3, 0.4) is 0 Å². The lowest BCUT2D eigenvalue weighted by Gasteiger charge is -2.02. The number of nitrogen functional groups attached to an aromatic ring is 1. The zero-order chi connectivity index (χ0) is 11.1. The lowest BCUT2D eigenvalue weighted by Crippen LogP contribution is -1.91. The van der Waals surface area contributed by atoms with E-state index in [9.17, 15) is 0 Å². The molecule has 0 spiro atoms. The number of thioether (sulfide) groups is 1. The zero-order valence-electron chi connectivity index (χ0n) is 8.66. The molecule has 16 heavy (non-hydrogen) atoms. The summed E-state index contributed by atoms with van der Waals surface area (Å²) < 4.78 is 0. The van der Waals surface area contributed by atoms with Gasteiger partial charge in [-0.3, -0.25) is 0 Å². The van der Waals surface area contributed by atoms with Crippen molar-refractivity contribution < 1.29 is 0 Å². The standard InChI is InChI=1S/C11H12ClN3S/c12-6-4-7(13)10-8(5-6)14-11(15-10)9-2-1-3-16-9/h4-5,9H,1-3,13H2,(H,14,15). The lowest BCUT2D eigenvalue weighted by atomic mass is 10.2. The van der Waals surface area contributed by atoms with Gasteiger partial charge in [-0.05, 0) is 30.7 Å². The van der Waals surface area contributed by atoms with Gasteiger partial charge in [0.25, 0.3) is 0 Å². The van der Waals surface area contributed by atoms with Crippen LogP contribution >= 0.6 is 23.4 Å². The molecular weight excluding hydrogens is 242 g/mol. The third-order valence-electron chi connectivity index (χ3n) is 2.83. The molecule has 1 aliphatic heterocycles. The minimum atomic E-state index is 0.491. The maximum Gasteiger partial charge on any atom is 0.120 e. The predicted molar refractivity (Wildman–Crippen MR) is 69.9 cm³/mol. The van der Waals surface area contributed by atoms with Gasteiger partial charge >= 0.3 is 0 Å². The molecule has 1 atom stereocenters. The van der Waals surface area contributed by atoms with Crippen LogP contribution in [0.1, 0.15) is 23.9 Å². The fourth-order valence-electron chi connectivity index (χ4n) is 2.07. The molecule has 2 heterocycles. The fourth-order valence-corrected chi connectivity index (χ4v) is 3.52. The highest BCUT2D eigenvalue weighted by atomic mass is 35.5. The van der Waals surface area contributed by atoms with Crippen molar-refractivity contribution in [3.05, 3.63) is 23.0 Å². The van der Waals surface area contributed by atoms with Crippen molar-refractivity contribution in [2.75, 3.05) is 11.5 Å². The molecule has 1 fully saturated rings. The van der Waals surface area contributed by atoms with Crippen LogP contribution < -0.4 is 5.73 Å². The quantitative estimate of drug-likeness (QED) is 0.767. The van der Waals surface area contributed by atoms with Gasteiger partial charge in [-0.15, -0.1) is 0 Å². The highest BCUT2D eigenvalue weighted by Crippen LogP contribution is 2.39. The van der Waals surface area contributed by atoms with E-state index in [-0.39, 0.29) is 0 Å². The van der Waals surface area contributed by atoms with Gasteiger partial charge < -0.3 is 10.7 Å². The Morgan fingerprint density at radius 2 is 2.38 bits per heavy atom. The topological polar surface area (TPSA) is 54.7 Å². The first kappa shape index (κ1) is 10.3. The Balaban J connectivity index is 2.11. The van der Waals surface area contributed by atoms with E-state index < -0.39 is 0 Å². The molecule has 84 valence electrons. The second-order valence-electron chi connectivity index (χ2n) is 4.01. The Morgan fingerprint density at radius 1 is 1.50 bits per heavy atom. The van der Waals surface area contributed by atoms with Crippen LogP contribution in [0.5, 0.6) is 0 Å². The average Bonchev–Trinajstić information content (AvgIpc) is 2.82. The number of hydrogen-bond acceptors (Lipinski definition) is 3. The molecular formula is C11H12ClN3S. The zero-order valence-corrected chi connectivity index (χ0v) is 10.2. The molecule has 1 aromatic heterocycles. The van der Waals surface area contributed by atoms with E-state index in [0.29, 0.717) is 16.0 Å². The number of imidazole rings is 1. The highest BCUT2D eigenvalue weighted by Gasteiger charge is 2.21. The second-order valence-corrected chi connectivity index (χ2v) is 5.76. The number of aromatic nitrogens is 2. The SMILES string of the molecule is Nc1cc(Cl)cc2[nH]c(C3CCCS3)nc12. The minimum absolute atomic E-state index is 0.491. The molecule has 3 nitrogen and oxygen atoms in total. The van der Waals surface area contributed by atoms with Gasteiger partial charge in [-0.2, -0.15) is 11.8 Å². The van der Waals surface area contributed by atoms with Gasteiger partial charge in [0.15, 0.2) is 0 Å². The first-order valence-electron chi connectivity index (χ1n) is 5.30. The van der Waals surface area contributed by atoms with E-state index in [1.807, 2.05) is 17.8 Å². The number of hydrogen-bond donors (Lipinski definition) is 2. The van der Waals surface area contributed by atoms with Crippen LogP contribution in [0, 0.1) is 0 Å². The second kappa shape index (κ2) is 3.86. The van der Waals surface area contributed by atoms with Crippen molar-refractivity contribution in [3.63, 3.8) is 0 Å². The number of nitrogens with one attached hydrogen (secondary N) is 1. The molecule has 1 aliphatic rings. The number of anilines is 1. The van der Waals surface area contributed by atoms with E-state index >= 15 is 0 Å². The molecule has 1 saturated heterocycles. The molecule has 0 amide bonds. The van der Waals surface area contributed by atoms with Crippen LogP contribution in [-0.4, -0.2) is 15.7 Å². The van der Waals surface area contributed by atoms with E-state index in [4.69, 9.17) is 17.3 Å². The third kappa shape index (κ3) is 1.66. The maximum absolute atomic E-state index is 5.96. The molecule has 0 bridgehead atoms. The highest BCUT2D eigenvalue weighted by molar-refractivity contribution is 7.99. The summed E-state index contributed by atoms with van der Waals surface area (Å²) in [5, 5.41) is 1.14. The number of fused-ring (bicyclic) bond motifs is 1. The number of halogens is 1. The van der Waals surface area contributed by atoms with Gasteiger partial charge in [0.1, 0.15) is 11.3 Å². The average molecular weight is 254 g/mol. The summed E-state index contributed by atoms with van der Waals surface area (Å²) in [5.41, 5.74) is 8.32. The van der Waals surface area contributed by atoms with E-state index in [2.05, 4.69) is 9.97 Å². The predicted octanol–water partition coefficient (Wildman–Crippen LogP) is 3.37. The number of nitrogens with two attached hydrogens (primary N) is 1. The van der Waals surface area contributed by atoms with Crippen LogP contribution in [-0.2, 0) is 0 Å². The molecule has 3 N–H and O–H groups in total. The van der Waals surface area contributed by atoms with Crippen molar-refractivity contribution >= 4 is 40.1 Å². The molecule has 2 aromatic rings. The number of rotatable bonds is 1. The molecule has 1 unspecified atom stereocenters. The number of benzene rings is 1. The van der Waals surface area contributed by atoms with Crippen molar-refractivity contribution in [2.24, 2.45) is 0 Å². The minimum Gasteiger partial charge on any atom is -0.397 e. The summed E-state index contributed by atoms with van der Waals surface area (Å²) in [6, 6.07) is 3.62. The Bertz CT molecular complexity index is 531. The Kier molecular flexibility index (Phi) is 2.48. The van der Waals surface area contributed by atoms with Crippen molar-refractivity contribution in [1.29, 1.82) is 0 Å². The summed E-state index contributed by atoms with van der Waals surface area (Å²) in [5.74, 6) is 2.25. The first-order valence-corrected chi connectivity index (χ1v) is 6.73. The fraction of sp³-hybridized carbons (Fsp3) is 0.364. The van der Waals surface area contributed by atoms with Gasteiger partial charge in [0.2, 0.25) is 0 Å². The summed E-state index contributed by atoms with van der Waals surface area (Å²) in [6.07, 6.45) is 2.46. The normalized spacial score (nSPS) is 20.7. The monoisotopic (exact) mass is 253 g/mol. The molecule has 0 radical (unpaired) electrons. The van der Waals surface area contributed by atoms with E-state index in [1.165, 1.54) is 18.6 Å². The number of aromatic amines is 1. The first-order chi connectivity index (χ1) is 7.74. The van der Waals surface area contributed by atoms with Gasteiger partial charge in [-0.1, -0.05) is 11.6 Å². The Morgan fingerprint density at radius 3 is 3.12 bits per heavy atom. The molecule has 0 saturated carbocycles. The van der Waals surface area contributed by atoms with E-state index in [0.717, 1.165) is 16.9 Å². The summed E-state index contributed by atoms with van der Waals surface area (Å²) in [7, 11) is 0. The summed E-state index contributed by atoms with van der Waals surface area (Å²) in [6.45, 7) is 0. The van der Waals surface area contributed by atoms with Crippen molar-refractivity contribution in [2.45, 2.75) is 18.1 Å². The maximum atomic E-state index is 5.96. The van der Waals surface area contributed by atoms with E-state index in [1.54, 1.807) is 6.07 Å². The summed E-state index contributed by atoms with van der Waals surface area (Å²) >= 11 is 7.91. The van der Waals surface area contributed by atoms with Crippen LogP contribution in [0.2, 0.25) is 5.02 Å². The van der Waals surface area contributed by atoms with Crippen molar-refractivity contribution in [3.8, 4) is 0 Å². The Labute approximate surface area is 103 Å². The van der Waals surface area contributed by atoms with Crippen LogP contribution in [0.4, 0.5) is 5.69 Å². The van der Waals surface area contributed by atoms with Crippen molar-refractivity contribution in [1.82, 2.24) is 9.97 Å². The molecule has 1 aromatic carbocycles. The molecule has 0 aliphatic carbocycles. The number of H-pyrrole nitrogens is 1. The van der Waals surface area contributed by atoms with Gasteiger partial charge in [0, 0.05) is 5.02 Å².